The molecule has 4 heterocycles. The van der Waals surface area contributed by atoms with E-state index >= 15 is 0 Å². The van der Waals surface area contributed by atoms with E-state index in [1.807, 2.05) is 41.8 Å². The summed E-state index contributed by atoms with van der Waals surface area (Å²) in [7, 11) is 1.73. The van der Waals surface area contributed by atoms with Gasteiger partial charge in [0, 0.05) is 37.5 Å². The fourth-order valence-electron chi connectivity index (χ4n) is 6.86. The second-order valence-electron chi connectivity index (χ2n) is 10.7. The van der Waals surface area contributed by atoms with Crippen LogP contribution in [-0.2, 0) is 9.53 Å². The van der Waals surface area contributed by atoms with Crippen molar-refractivity contribution in [3.05, 3.63) is 65.6 Å². The molecule has 2 amide bonds. The quantitative estimate of drug-likeness (QED) is 0.553. The number of likely N-dealkylation sites (tertiary alicyclic amines) is 1. The number of imidazole rings is 1. The number of hydrogen-bond donors (Lipinski definition) is 2. The van der Waals surface area contributed by atoms with Crippen molar-refractivity contribution in [1.29, 1.82) is 0 Å². The van der Waals surface area contributed by atoms with E-state index in [-0.39, 0.29) is 35.9 Å². The van der Waals surface area contributed by atoms with Crippen LogP contribution in [0, 0.1) is 18.8 Å². The van der Waals surface area contributed by atoms with Crippen LogP contribution in [0.1, 0.15) is 59.9 Å². The fourth-order valence-corrected chi connectivity index (χ4v) is 6.86. The van der Waals surface area contributed by atoms with Crippen molar-refractivity contribution in [3.63, 3.8) is 0 Å². The number of carbonyl (C=O) groups excluding carboxylic acids is 2. The van der Waals surface area contributed by atoms with Crippen molar-refractivity contribution in [1.82, 2.24) is 19.6 Å². The number of amides is 2. The highest BCUT2D eigenvalue weighted by molar-refractivity contribution is 5.95. The van der Waals surface area contributed by atoms with Crippen LogP contribution in [0.15, 0.2) is 48.7 Å². The molecule has 3 aromatic rings. The van der Waals surface area contributed by atoms with Crippen LogP contribution >= 0.6 is 0 Å². The van der Waals surface area contributed by atoms with Crippen molar-refractivity contribution < 1.29 is 14.3 Å². The first-order valence-electron chi connectivity index (χ1n) is 13.5. The van der Waals surface area contributed by atoms with E-state index in [9.17, 15) is 9.59 Å². The number of para-hydroxylation sites is 1. The van der Waals surface area contributed by atoms with Crippen LogP contribution in [0.25, 0.3) is 5.65 Å². The number of anilines is 1. The van der Waals surface area contributed by atoms with E-state index < -0.39 is 0 Å². The van der Waals surface area contributed by atoms with Crippen LogP contribution in [0.3, 0.4) is 0 Å². The zero-order chi connectivity index (χ0) is 25.5. The molecule has 0 radical (unpaired) electrons. The highest BCUT2D eigenvalue weighted by Gasteiger charge is 2.48. The van der Waals surface area contributed by atoms with Gasteiger partial charge in [-0.3, -0.25) is 14.0 Å². The van der Waals surface area contributed by atoms with Crippen LogP contribution in [0.2, 0.25) is 0 Å². The smallest absolute Gasteiger partial charge is 0.270 e. The molecule has 0 spiro atoms. The number of methoxy groups -OCH3 is 1. The van der Waals surface area contributed by atoms with Gasteiger partial charge in [0.1, 0.15) is 11.3 Å². The summed E-state index contributed by atoms with van der Waals surface area (Å²) in [6.45, 7) is 3.20. The Labute approximate surface area is 217 Å². The first kappa shape index (κ1) is 24.0. The minimum Gasteiger partial charge on any atom is -0.383 e. The second-order valence-corrected chi connectivity index (χ2v) is 10.7. The van der Waals surface area contributed by atoms with Gasteiger partial charge in [-0.25, -0.2) is 4.98 Å². The number of aryl methyl sites for hydroxylation is 1. The molecule has 8 nitrogen and oxygen atoms in total. The second kappa shape index (κ2) is 9.82. The molecule has 37 heavy (non-hydrogen) atoms. The molecule has 6 rings (SSSR count). The van der Waals surface area contributed by atoms with Crippen molar-refractivity contribution in [2.45, 2.75) is 57.2 Å². The molecule has 1 saturated heterocycles. The van der Waals surface area contributed by atoms with Gasteiger partial charge < -0.3 is 20.3 Å². The first-order valence-corrected chi connectivity index (χ1v) is 13.5. The van der Waals surface area contributed by atoms with Crippen molar-refractivity contribution in [2.24, 2.45) is 11.8 Å². The molecule has 1 aliphatic carbocycles. The number of ether oxygens (including phenoxy) is 1. The Morgan fingerprint density at radius 2 is 1.92 bits per heavy atom. The van der Waals surface area contributed by atoms with Crippen molar-refractivity contribution in [2.75, 3.05) is 25.6 Å². The summed E-state index contributed by atoms with van der Waals surface area (Å²) in [5.74, 6) is 0.0860. The standard InChI is InChI=1S/C29H35N5O3/c1-18-26(33-15-8-7-13-25(33)30-18)28(35)32-23-12-6-4-10-21(23)29(36)34-16-14-20-24(17-37-2)31-22-11-5-3-9-19(22)27(20)34/h3,5,7-9,11,13,15,20-21,23-24,27,31H,4,6,10,12,14,16-17H2,1-2H3,(H,32,35)/t20-,21-,23+,24-,27-/m0/s1. The maximum atomic E-state index is 14.2. The third-order valence-electron chi connectivity index (χ3n) is 8.53. The number of fused-ring (bicyclic) bond motifs is 4. The van der Waals surface area contributed by atoms with Gasteiger partial charge in [0.15, 0.2) is 0 Å². The lowest BCUT2D eigenvalue weighted by molar-refractivity contribution is -0.139. The summed E-state index contributed by atoms with van der Waals surface area (Å²) in [6, 6.07) is 14.0. The molecule has 2 aliphatic heterocycles. The molecule has 3 aliphatic rings. The Morgan fingerprint density at radius 1 is 1.11 bits per heavy atom. The summed E-state index contributed by atoms with van der Waals surface area (Å²) < 4.78 is 7.36. The van der Waals surface area contributed by atoms with Gasteiger partial charge in [-0.2, -0.15) is 0 Å². The zero-order valence-electron chi connectivity index (χ0n) is 21.5. The Balaban J connectivity index is 1.26. The molecular formula is C29H35N5O3. The highest BCUT2D eigenvalue weighted by atomic mass is 16.5. The Kier molecular flexibility index (Phi) is 6.36. The van der Waals surface area contributed by atoms with Crippen LogP contribution in [0.5, 0.6) is 0 Å². The zero-order valence-corrected chi connectivity index (χ0v) is 21.5. The third kappa shape index (κ3) is 4.17. The van der Waals surface area contributed by atoms with E-state index in [0.717, 1.165) is 50.0 Å². The average Bonchev–Trinajstić information content (AvgIpc) is 3.50. The Bertz CT molecular complexity index is 1320. The third-order valence-corrected chi connectivity index (χ3v) is 8.53. The van der Waals surface area contributed by atoms with E-state index in [1.54, 1.807) is 7.11 Å². The van der Waals surface area contributed by atoms with Gasteiger partial charge in [0.2, 0.25) is 5.91 Å². The van der Waals surface area contributed by atoms with Gasteiger partial charge in [-0.05, 0) is 49.9 Å². The topological polar surface area (TPSA) is 88.0 Å². The SMILES string of the molecule is COC[C@@H]1Nc2ccccc2[C@H]2[C@H]1CCN2C(=O)[C@H]1CCCC[C@H]1NC(=O)c1c(C)nc2ccccn12. The largest absolute Gasteiger partial charge is 0.383 e. The molecule has 5 atom stereocenters. The number of hydrogen-bond acceptors (Lipinski definition) is 5. The molecule has 1 aromatic carbocycles. The van der Waals surface area contributed by atoms with E-state index in [2.05, 4.69) is 38.7 Å². The van der Waals surface area contributed by atoms with Gasteiger partial charge in [-0.1, -0.05) is 37.1 Å². The summed E-state index contributed by atoms with van der Waals surface area (Å²) in [5.41, 5.74) is 4.26. The molecule has 2 aromatic heterocycles. The maximum absolute atomic E-state index is 14.2. The number of carbonyl (C=O) groups is 2. The lowest BCUT2D eigenvalue weighted by atomic mass is 9.81. The predicted octanol–water partition coefficient (Wildman–Crippen LogP) is 3.96. The van der Waals surface area contributed by atoms with Crippen molar-refractivity contribution in [3.8, 4) is 0 Å². The number of pyridine rings is 1. The van der Waals surface area contributed by atoms with Crippen LogP contribution < -0.4 is 10.6 Å². The lowest BCUT2D eigenvalue weighted by Crippen LogP contribution is -2.51. The summed E-state index contributed by atoms with van der Waals surface area (Å²) in [6.07, 6.45) is 6.43. The van der Waals surface area contributed by atoms with E-state index in [0.29, 0.717) is 23.9 Å². The number of benzene rings is 1. The molecule has 8 heteroatoms. The monoisotopic (exact) mass is 501 g/mol. The van der Waals surface area contributed by atoms with Crippen molar-refractivity contribution >= 4 is 23.1 Å². The highest BCUT2D eigenvalue weighted by Crippen LogP contribution is 2.47. The summed E-state index contributed by atoms with van der Waals surface area (Å²) >= 11 is 0. The van der Waals surface area contributed by atoms with Gasteiger partial charge >= 0.3 is 0 Å². The molecule has 194 valence electrons. The minimum absolute atomic E-state index is 0.0318. The van der Waals surface area contributed by atoms with Crippen LogP contribution in [-0.4, -0.2) is 58.4 Å². The molecule has 2 N–H and O–H groups in total. The Morgan fingerprint density at radius 3 is 2.78 bits per heavy atom. The number of aromatic nitrogens is 2. The van der Waals surface area contributed by atoms with Gasteiger partial charge in [0.25, 0.3) is 5.91 Å². The molecular weight excluding hydrogens is 466 g/mol. The van der Waals surface area contributed by atoms with Gasteiger partial charge in [-0.15, -0.1) is 0 Å². The van der Waals surface area contributed by atoms with Gasteiger partial charge in [0.05, 0.1) is 30.3 Å². The summed E-state index contributed by atoms with van der Waals surface area (Å²) in [4.78, 5) is 34.3. The van der Waals surface area contributed by atoms with E-state index in [1.165, 1.54) is 5.56 Å². The van der Waals surface area contributed by atoms with Crippen LogP contribution in [0.4, 0.5) is 5.69 Å². The number of rotatable bonds is 5. The molecule has 0 unspecified atom stereocenters. The first-order chi connectivity index (χ1) is 18.1. The molecule has 0 bridgehead atoms. The normalized spacial score (nSPS) is 26.9. The average molecular weight is 502 g/mol. The molecule has 1 saturated carbocycles. The fraction of sp³-hybridized carbons (Fsp3) is 0.483. The summed E-state index contributed by atoms with van der Waals surface area (Å²) in [5, 5.41) is 6.90. The Hall–Kier alpha value is -3.39. The number of nitrogens with zero attached hydrogens (tertiary/aromatic N) is 3. The van der Waals surface area contributed by atoms with E-state index in [4.69, 9.17) is 4.74 Å². The predicted molar refractivity (Wildman–Crippen MR) is 141 cm³/mol. The maximum Gasteiger partial charge on any atom is 0.270 e. The molecule has 2 fully saturated rings. The lowest BCUT2D eigenvalue weighted by Gasteiger charge is -2.41. The number of nitrogens with one attached hydrogen (secondary N) is 2. The minimum atomic E-state index is -0.223.